The van der Waals surface area contributed by atoms with Crippen molar-refractivity contribution in [3.8, 4) is 17.1 Å². The molecule has 0 aliphatic carbocycles. The molecular weight excluding hydrogens is 488 g/mol. The van der Waals surface area contributed by atoms with Crippen molar-refractivity contribution in [1.29, 1.82) is 0 Å². The summed E-state index contributed by atoms with van der Waals surface area (Å²) in [4.78, 5) is 38.5. The highest BCUT2D eigenvalue weighted by atomic mass is 79.9. The molecule has 1 aliphatic heterocycles. The van der Waals surface area contributed by atoms with Gasteiger partial charge in [0.15, 0.2) is 0 Å². The van der Waals surface area contributed by atoms with Crippen molar-refractivity contribution in [3.05, 3.63) is 75.4 Å². The summed E-state index contributed by atoms with van der Waals surface area (Å²) < 4.78 is 11.8. The van der Waals surface area contributed by atoms with Gasteiger partial charge in [-0.15, -0.1) is 0 Å². The van der Waals surface area contributed by atoms with Gasteiger partial charge >= 0.3 is 6.03 Å². The maximum absolute atomic E-state index is 13.0. The predicted octanol–water partition coefficient (Wildman–Crippen LogP) is 5.04. The van der Waals surface area contributed by atoms with Gasteiger partial charge in [-0.05, 0) is 48.5 Å². The molecule has 1 aromatic heterocycles. The van der Waals surface area contributed by atoms with E-state index in [1.807, 2.05) is 24.3 Å². The maximum atomic E-state index is 13.0. The molecule has 0 saturated carbocycles. The Morgan fingerprint density at radius 2 is 1.81 bits per heavy atom. The van der Waals surface area contributed by atoms with Crippen LogP contribution in [-0.4, -0.2) is 25.0 Å². The first-order valence-electron chi connectivity index (χ1n) is 8.98. The first kappa shape index (κ1) is 20.9. The number of benzene rings is 2. The SMILES string of the molecule is COc1ccc(N2C(=O)NC(=O)/C(=C/c3ccc(-c4ccc(Br)cc4)o3)C2=O)cc1Cl. The van der Waals surface area contributed by atoms with Gasteiger partial charge in [-0.25, -0.2) is 9.69 Å². The smallest absolute Gasteiger partial charge is 0.335 e. The van der Waals surface area contributed by atoms with E-state index in [2.05, 4.69) is 21.2 Å². The highest BCUT2D eigenvalue weighted by Gasteiger charge is 2.37. The Hall–Kier alpha value is -3.36. The van der Waals surface area contributed by atoms with Crippen LogP contribution in [0.4, 0.5) is 10.5 Å². The van der Waals surface area contributed by atoms with Crippen LogP contribution in [0.3, 0.4) is 0 Å². The summed E-state index contributed by atoms with van der Waals surface area (Å²) in [5.41, 5.74) is 0.780. The number of methoxy groups -OCH3 is 1. The average molecular weight is 502 g/mol. The van der Waals surface area contributed by atoms with E-state index < -0.39 is 17.8 Å². The largest absolute Gasteiger partial charge is 0.495 e. The third kappa shape index (κ3) is 4.12. The van der Waals surface area contributed by atoms with Crippen LogP contribution < -0.4 is 15.0 Å². The fourth-order valence-electron chi connectivity index (χ4n) is 3.03. The minimum Gasteiger partial charge on any atom is -0.495 e. The number of urea groups is 1. The van der Waals surface area contributed by atoms with Crippen molar-refractivity contribution >= 4 is 57.1 Å². The minimum atomic E-state index is -0.872. The molecule has 1 saturated heterocycles. The fourth-order valence-corrected chi connectivity index (χ4v) is 3.54. The van der Waals surface area contributed by atoms with E-state index in [-0.39, 0.29) is 16.3 Å². The summed E-state index contributed by atoms with van der Waals surface area (Å²) in [6.45, 7) is 0. The Labute approximate surface area is 190 Å². The normalized spacial score (nSPS) is 15.4. The van der Waals surface area contributed by atoms with Crippen molar-refractivity contribution in [1.82, 2.24) is 5.32 Å². The summed E-state index contributed by atoms with van der Waals surface area (Å²) >= 11 is 9.49. The number of nitrogens with one attached hydrogen (secondary N) is 1. The number of hydrogen-bond acceptors (Lipinski definition) is 5. The number of carbonyl (C=O) groups excluding carboxylic acids is 3. The minimum absolute atomic E-state index is 0.196. The van der Waals surface area contributed by atoms with Crippen LogP contribution in [0, 0.1) is 0 Å². The van der Waals surface area contributed by atoms with Crippen LogP contribution in [0.5, 0.6) is 5.75 Å². The van der Waals surface area contributed by atoms with Gasteiger partial charge in [-0.1, -0.05) is 39.7 Å². The molecule has 4 amide bonds. The Balaban J connectivity index is 1.66. The second-order valence-electron chi connectivity index (χ2n) is 6.49. The molecule has 0 unspecified atom stereocenters. The highest BCUT2D eigenvalue weighted by Crippen LogP contribution is 2.31. The van der Waals surface area contributed by atoms with Crippen molar-refractivity contribution < 1.29 is 23.5 Å². The molecule has 1 N–H and O–H groups in total. The van der Waals surface area contributed by atoms with Crippen molar-refractivity contribution in [2.24, 2.45) is 0 Å². The van der Waals surface area contributed by atoms with E-state index in [1.165, 1.54) is 31.4 Å². The van der Waals surface area contributed by atoms with Crippen molar-refractivity contribution in [2.75, 3.05) is 12.0 Å². The number of amides is 4. The summed E-state index contributed by atoms with van der Waals surface area (Å²) in [5, 5.41) is 2.38. The van der Waals surface area contributed by atoms with Gasteiger partial charge in [-0.2, -0.15) is 0 Å². The van der Waals surface area contributed by atoms with Crippen LogP contribution in [0.15, 0.2) is 69.1 Å². The molecule has 2 heterocycles. The molecule has 31 heavy (non-hydrogen) atoms. The fraction of sp³-hybridized carbons (Fsp3) is 0.0455. The summed E-state index contributed by atoms with van der Waals surface area (Å²) in [6, 6.07) is 14.4. The van der Waals surface area contributed by atoms with E-state index in [9.17, 15) is 14.4 Å². The number of hydrogen-bond donors (Lipinski definition) is 1. The molecule has 0 radical (unpaired) electrons. The number of furan rings is 1. The van der Waals surface area contributed by atoms with Crippen LogP contribution in [0.1, 0.15) is 5.76 Å². The lowest BCUT2D eigenvalue weighted by Gasteiger charge is -2.26. The van der Waals surface area contributed by atoms with Crippen molar-refractivity contribution in [2.45, 2.75) is 0 Å². The molecule has 3 aromatic rings. The van der Waals surface area contributed by atoms with E-state index in [0.717, 1.165) is 14.9 Å². The molecule has 0 atom stereocenters. The predicted molar refractivity (Wildman–Crippen MR) is 119 cm³/mol. The highest BCUT2D eigenvalue weighted by molar-refractivity contribution is 9.10. The van der Waals surface area contributed by atoms with Gasteiger partial charge in [-0.3, -0.25) is 14.9 Å². The van der Waals surface area contributed by atoms with Crippen LogP contribution >= 0.6 is 27.5 Å². The number of halogens is 2. The van der Waals surface area contributed by atoms with E-state index >= 15 is 0 Å². The van der Waals surface area contributed by atoms with E-state index in [0.29, 0.717) is 17.3 Å². The third-order valence-corrected chi connectivity index (χ3v) is 5.36. The average Bonchev–Trinajstić information content (AvgIpc) is 3.20. The van der Waals surface area contributed by atoms with Gasteiger partial charge in [0.05, 0.1) is 17.8 Å². The number of barbiturate groups is 1. The zero-order valence-corrected chi connectivity index (χ0v) is 18.4. The number of nitrogens with zero attached hydrogens (tertiary/aromatic N) is 1. The lowest BCUT2D eigenvalue weighted by molar-refractivity contribution is -0.122. The molecule has 0 bridgehead atoms. The summed E-state index contributed by atoms with van der Waals surface area (Å²) in [6.07, 6.45) is 1.30. The van der Waals surface area contributed by atoms with E-state index in [1.54, 1.807) is 12.1 Å². The number of imide groups is 2. The van der Waals surface area contributed by atoms with Gasteiger partial charge < -0.3 is 9.15 Å². The van der Waals surface area contributed by atoms with Crippen LogP contribution in [0.2, 0.25) is 5.02 Å². The number of carbonyl (C=O) groups is 3. The van der Waals surface area contributed by atoms with Gasteiger partial charge in [0, 0.05) is 10.0 Å². The lowest BCUT2D eigenvalue weighted by atomic mass is 10.1. The standard InChI is InChI=1S/C22H14BrClN2O5/c1-30-19-8-6-14(10-17(19)24)26-21(28)16(20(27)25-22(26)29)11-15-7-9-18(31-15)12-2-4-13(23)5-3-12/h2-11H,1H3,(H,25,27,29)/b16-11-. The molecule has 156 valence electrons. The molecular formula is C22H14BrClN2O5. The van der Waals surface area contributed by atoms with Gasteiger partial charge in [0.25, 0.3) is 11.8 Å². The molecule has 9 heteroatoms. The third-order valence-electron chi connectivity index (χ3n) is 4.54. The molecule has 7 nitrogen and oxygen atoms in total. The molecule has 4 rings (SSSR count). The molecule has 0 spiro atoms. The first-order valence-corrected chi connectivity index (χ1v) is 10.2. The van der Waals surface area contributed by atoms with Gasteiger partial charge in [0.2, 0.25) is 0 Å². The van der Waals surface area contributed by atoms with Crippen LogP contribution in [-0.2, 0) is 9.59 Å². The van der Waals surface area contributed by atoms with Crippen molar-refractivity contribution in [3.63, 3.8) is 0 Å². The zero-order chi connectivity index (χ0) is 22.1. The Kier molecular flexibility index (Phi) is 5.67. The number of anilines is 1. The lowest BCUT2D eigenvalue weighted by Crippen LogP contribution is -2.54. The summed E-state index contributed by atoms with van der Waals surface area (Å²) in [5.74, 6) is -0.362. The maximum Gasteiger partial charge on any atom is 0.335 e. The molecule has 1 aliphatic rings. The second kappa shape index (κ2) is 8.41. The monoisotopic (exact) mass is 500 g/mol. The number of rotatable bonds is 4. The Morgan fingerprint density at radius 1 is 1.06 bits per heavy atom. The Bertz CT molecular complexity index is 1230. The van der Waals surface area contributed by atoms with E-state index in [4.69, 9.17) is 20.8 Å². The number of ether oxygens (including phenoxy) is 1. The Morgan fingerprint density at radius 3 is 2.48 bits per heavy atom. The molecule has 1 fully saturated rings. The first-order chi connectivity index (χ1) is 14.9. The zero-order valence-electron chi connectivity index (χ0n) is 16.0. The second-order valence-corrected chi connectivity index (χ2v) is 7.81. The topological polar surface area (TPSA) is 88.8 Å². The quantitative estimate of drug-likeness (QED) is 0.400. The van der Waals surface area contributed by atoms with Gasteiger partial charge in [0.1, 0.15) is 22.8 Å². The molecule has 2 aromatic carbocycles. The van der Waals surface area contributed by atoms with Crippen LogP contribution in [0.25, 0.3) is 17.4 Å². The summed E-state index contributed by atoms with van der Waals surface area (Å²) in [7, 11) is 1.45.